The number of fused-ring (bicyclic) bond motifs is 1. The Bertz CT molecular complexity index is 445. The minimum Gasteiger partial charge on any atom is -0.348 e. The molecule has 1 aromatic carbocycles. The van der Waals surface area contributed by atoms with Crippen molar-refractivity contribution in [3.8, 4) is 0 Å². The minimum absolute atomic E-state index is 0.00858. The number of nitrogens with one attached hydrogen (secondary N) is 2. The van der Waals surface area contributed by atoms with Crippen LogP contribution >= 0.6 is 0 Å². The van der Waals surface area contributed by atoms with Crippen molar-refractivity contribution in [1.82, 2.24) is 10.6 Å². The van der Waals surface area contributed by atoms with Crippen molar-refractivity contribution in [2.75, 3.05) is 0 Å². The Morgan fingerprint density at radius 1 is 1.25 bits per heavy atom. The highest BCUT2D eigenvalue weighted by molar-refractivity contribution is 5.82. The number of hydrogen-bond donors (Lipinski definition) is 2. The van der Waals surface area contributed by atoms with Gasteiger partial charge in [-0.1, -0.05) is 43.2 Å². The van der Waals surface area contributed by atoms with Crippen molar-refractivity contribution in [2.45, 2.75) is 57.2 Å². The van der Waals surface area contributed by atoms with E-state index in [1.165, 1.54) is 25.7 Å². The molecule has 3 rings (SSSR count). The Balaban J connectivity index is 1.57. The van der Waals surface area contributed by atoms with E-state index in [0.717, 1.165) is 12.0 Å². The summed E-state index contributed by atoms with van der Waals surface area (Å²) in [6, 6.07) is 10.8. The van der Waals surface area contributed by atoms with Gasteiger partial charge >= 0.3 is 0 Å². The molecule has 108 valence electrons. The third-order valence-corrected chi connectivity index (χ3v) is 4.84. The molecule has 2 fully saturated rings. The first kappa shape index (κ1) is 13.6. The largest absolute Gasteiger partial charge is 0.348 e. The molecule has 0 radical (unpaired) electrons. The molecular formula is C17H24N2O. The fraction of sp³-hybridized carbons (Fsp3) is 0.588. The number of benzene rings is 1. The second-order valence-electron chi connectivity index (χ2n) is 6.25. The second-order valence-corrected chi connectivity index (χ2v) is 6.25. The Morgan fingerprint density at radius 2 is 2.00 bits per heavy atom. The van der Waals surface area contributed by atoms with E-state index in [4.69, 9.17) is 0 Å². The van der Waals surface area contributed by atoms with Crippen molar-refractivity contribution in [3.05, 3.63) is 35.9 Å². The molecule has 0 spiro atoms. The summed E-state index contributed by atoms with van der Waals surface area (Å²) in [6.07, 6.45) is 6.18. The lowest BCUT2D eigenvalue weighted by molar-refractivity contribution is -0.123. The summed E-state index contributed by atoms with van der Waals surface area (Å²) in [5.41, 5.74) is 1.16. The predicted molar refractivity (Wildman–Crippen MR) is 80.3 cm³/mol. The summed E-state index contributed by atoms with van der Waals surface area (Å²) in [4.78, 5) is 12.4. The van der Waals surface area contributed by atoms with Gasteiger partial charge in [0.1, 0.15) is 0 Å². The van der Waals surface area contributed by atoms with Gasteiger partial charge in [0.15, 0.2) is 0 Å². The highest BCUT2D eigenvalue weighted by atomic mass is 16.2. The van der Waals surface area contributed by atoms with Gasteiger partial charge in [-0.3, -0.25) is 4.79 Å². The smallest absolute Gasteiger partial charge is 0.237 e. The average Bonchev–Trinajstić information content (AvgIpc) is 2.92. The SMILES string of the molecule is C[C@@H](NC(=O)C1CC2CCCCC2N1)c1ccccc1. The number of carbonyl (C=O) groups excluding carboxylic acids is 1. The lowest BCUT2D eigenvalue weighted by Crippen LogP contribution is -2.43. The molecule has 0 bridgehead atoms. The van der Waals surface area contributed by atoms with Gasteiger partial charge in [-0.15, -0.1) is 0 Å². The van der Waals surface area contributed by atoms with Crippen molar-refractivity contribution < 1.29 is 4.79 Å². The second kappa shape index (κ2) is 5.96. The quantitative estimate of drug-likeness (QED) is 0.888. The molecular weight excluding hydrogens is 248 g/mol. The third-order valence-electron chi connectivity index (χ3n) is 4.84. The summed E-state index contributed by atoms with van der Waals surface area (Å²) in [5, 5.41) is 6.68. The van der Waals surface area contributed by atoms with Crippen LogP contribution in [0.3, 0.4) is 0 Å². The molecule has 1 saturated carbocycles. The lowest BCUT2D eigenvalue weighted by Gasteiger charge is -2.24. The monoisotopic (exact) mass is 272 g/mol. The van der Waals surface area contributed by atoms with Crippen LogP contribution in [-0.4, -0.2) is 18.0 Å². The van der Waals surface area contributed by atoms with Crippen LogP contribution in [0.4, 0.5) is 0 Å². The van der Waals surface area contributed by atoms with Gasteiger partial charge in [-0.25, -0.2) is 0 Å². The molecule has 1 heterocycles. The molecule has 1 saturated heterocycles. The van der Waals surface area contributed by atoms with Gasteiger partial charge < -0.3 is 10.6 Å². The van der Waals surface area contributed by atoms with Crippen molar-refractivity contribution >= 4 is 5.91 Å². The number of hydrogen-bond acceptors (Lipinski definition) is 2. The summed E-state index contributed by atoms with van der Waals surface area (Å²) < 4.78 is 0. The molecule has 1 amide bonds. The zero-order chi connectivity index (χ0) is 13.9. The van der Waals surface area contributed by atoms with Crippen LogP contribution in [-0.2, 0) is 4.79 Å². The van der Waals surface area contributed by atoms with Gasteiger partial charge in [0.05, 0.1) is 12.1 Å². The summed E-state index contributed by atoms with van der Waals surface area (Å²) >= 11 is 0. The summed E-state index contributed by atoms with van der Waals surface area (Å²) in [7, 11) is 0. The zero-order valence-electron chi connectivity index (χ0n) is 12.1. The maximum atomic E-state index is 12.4. The fourth-order valence-corrected chi connectivity index (χ4v) is 3.66. The molecule has 4 atom stereocenters. The molecule has 3 heteroatoms. The molecule has 3 nitrogen and oxygen atoms in total. The van der Waals surface area contributed by atoms with E-state index in [1.807, 2.05) is 18.2 Å². The molecule has 1 aromatic rings. The van der Waals surface area contributed by atoms with Crippen LogP contribution in [0.1, 0.15) is 50.6 Å². The van der Waals surface area contributed by atoms with Crippen molar-refractivity contribution in [3.63, 3.8) is 0 Å². The van der Waals surface area contributed by atoms with Crippen molar-refractivity contribution in [1.29, 1.82) is 0 Å². The maximum Gasteiger partial charge on any atom is 0.237 e. The average molecular weight is 272 g/mol. The summed E-state index contributed by atoms with van der Waals surface area (Å²) in [5.74, 6) is 0.877. The van der Waals surface area contributed by atoms with E-state index in [1.54, 1.807) is 0 Å². The highest BCUT2D eigenvalue weighted by Gasteiger charge is 2.38. The first-order chi connectivity index (χ1) is 9.74. The number of carbonyl (C=O) groups is 1. The van der Waals surface area contributed by atoms with Gasteiger partial charge in [0, 0.05) is 6.04 Å². The van der Waals surface area contributed by atoms with Crippen LogP contribution in [0.15, 0.2) is 30.3 Å². The highest BCUT2D eigenvalue weighted by Crippen LogP contribution is 2.33. The lowest BCUT2D eigenvalue weighted by atomic mass is 9.85. The Morgan fingerprint density at radius 3 is 2.75 bits per heavy atom. The molecule has 3 unspecified atom stereocenters. The predicted octanol–water partition coefficient (Wildman–Crippen LogP) is 2.78. The van der Waals surface area contributed by atoms with Crippen LogP contribution in [0.2, 0.25) is 0 Å². The van der Waals surface area contributed by atoms with E-state index in [9.17, 15) is 4.79 Å². The minimum atomic E-state index is 0.00858. The Labute approximate surface area is 121 Å². The van der Waals surface area contributed by atoms with Crippen LogP contribution in [0.5, 0.6) is 0 Å². The van der Waals surface area contributed by atoms with E-state index in [2.05, 4.69) is 29.7 Å². The van der Waals surface area contributed by atoms with Crippen LogP contribution < -0.4 is 10.6 Å². The molecule has 0 aromatic heterocycles. The molecule has 20 heavy (non-hydrogen) atoms. The van der Waals surface area contributed by atoms with E-state index < -0.39 is 0 Å². The Kier molecular flexibility index (Phi) is 4.06. The fourth-order valence-electron chi connectivity index (χ4n) is 3.66. The molecule has 1 aliphatic heterocycles. The van der Waals surface area contributed by atoms with E-state index >= 15 is 0 Å². The van der Waals surface area contributed by atoms with Gasteiger partial charge in [0.25, 0.3) is 0 Å². The van der Waals surface area contributed by atoms with Gasteiger partial charge in [-0.05, 0) is 37.7 Å². The van der Waals surface area contributed by atoms with Crippen LogP contribution in [0, 0.1) is 5.92 Å². The molecule has 2 aliphatic rings. The summed E-state index contributed by atoms with van der Waals surface area (Å²) in [6.45, 7) is 2.05. The van der Waals surface area contributed by atoms with Gasteiger partial charge in [0.2, 0.25) is 5.91 Å². The standard InChI is InChI=1S/C17H24N2O/c1-12(13-7-3-2-4-8-13)18-17(20)16-11-14-9-5-6-10-15(14)19-16/h2-4,7-8,12,14-16,19H,5-6,9-11H2,1H3,(H,18,20)/t12-,14?,15?,16?/m1/s1. The maximum absolute atomic E-state index is 12.4. The van der Waals surface area contributed by atoms with E-state index in [0.29, 0.717) is 12.0 Å². The number of amides is 1. The molecule has 1 aliphatic carbocycles. The zero-order valence-corrected chi connectivity index (χ0v) is 12.1. The third kappa shape index (κ3) is 2.88. The topological polar surface area (TPSA) is 41.1 Å². The Hall–Kier alpha value is -1.35. The number of rotatable bonds is 3. The van der Waals surface area contributed by atoms with Crippen molar-refractivity contribution in [2.24, 2.45) is 5.92 Å². The van der Waals surface area contributed by atoms with Gasteiger partial charge in [-0.2, -0.15) is 0 Å². The normalized spacial score (nSPS) is 30.6. The van der Waals surface area contributed by atoms with E-state index in [-0.39, 0.29) is 18.0 Å². The molecule has 2 N–H and O–H groups in total. The first-order valence-electron chi connectivity index (χ1n) is 7.85. The van der Waals surface area contributed by atoms with Crippen LogP contribution in [0.25, 0.3) is 0 Å². The first-order valence-corrected chi connectivity index (χ1v) is 7.85.